The Hall–Kier alpha value is -1.50. The minimum Gasteiger partial charge on any atom is -0.459 e. The summed E-state index contributed by atoms with van der Waals surface area (Å²) in [6.45, 7) is 15.2. The van der Waals surface area contributed by atoms with Crippen LogP contribution in [0.25, 0.3) is 0 Å². The lowest BCUT2D eigenvalue weighted by atomic mass is 9.74. The average Bonchev–Trinajstić information content (AvgIpc) is 3.21. The quantitative estimate of drug-likeness (QED) is 0.130. The molecule has 0 unspecified atom stereocenters. The van der Waals surface area contributed by atoms with Crippen LogP contribution in [0.1, 0.15) is 94.9 Å². The predicted octanol–water partition coefficient (Wildman–Crippen LogP) is -0.390. The summed E-state index contributed by atoms with van der Waals surface area (Å²) < 4.78 is 50.0. The van der Waals surface area contributed by atoms with E-state index in [9.17, 15) is 50.4 Å². The van der Waals surface area contributed by atoms with Gasteiger partial charge in [-0.15, -0.1) is 0 Å². The number of carbonyl (C=O) groups excluding carboxylic acids is 2. The van der Waals surface area contributed by atoms with Crippen LogP contribution in [0.15, 0.2) is 0 Å². The number of Topliss-reactive ketones (excluding diaryl/α,β-unsaturated/α-hetero) is 1. The topological polar surface area (TPSA) is 273 Å². The summed E-state index contributed by atoms with van der Waals surface area (Å²) in [5.41, 5.74) is -5.15. The second-order valence-corrected chi connectivity index (χ2v) is 19.3. The van der Waals surface area contributed by atoms with Crippen LogP contribution in [0.2, 0.25) is 0 Å². The molecule has 0 amide bonds. The molecule has 362 valence electrons. The predicted molar refractivity (Wildman–Crippen MR) is 219 cm³/mol. The number of esters is 1. The molecule has 23 atom stereocenters. The zero-order valence-corrected chi connectivity index (χ0v) is 38.7. The molecule has 0 aromatic carbocycles. The van der Waals surface area contributed by atoms with E-state index < -0.39 is 157 Å². The van der Waals surface area contributed by atoms with Crippen molar-refractivity contribution < 1.29 is 88.3 Å². The van der Waals surface area contributed by atoms with Crippen LogP contribution < -0.4 is 0 Å². The fourth-order valence-electron chi connectivity index (χ4n) is 9.88. The number of methoxy groups -OCH3 is 1. The highest BCUT2D eigenvalue weighted by molar-refractivity contribution is 5.83. The smallest absolute Gasteiger partial charge is 0.311 e. The Morgan fingerprint density at radius 1 is 0.774 bits per heavy atom. The van der Waals surface area contributed by atoms with Crippen molar-refractivity contribution in [3.05, 3.63) is 0 Å². The van der Waals surface area contributed by atoms with E-state index in [1.165, 1.54) is 27.9 Å². The summed E-state index contributed by atoms with van der Waals surface area (Å²) in [5, 5.41) is 89.1. The van der Waals surface area contributed by atoms with E-state index in [0.29, 0.717) is 6.42 Å². The maximum absolute atomic E-state index is 14.4. The van der Waals surface area contributed by atoms with E-state index in [1.807, 2.05) is 11.8 Å². The van der Waals surface area contributed by atoms with Gasteiger partial charge in [-0.3, -0.25) is 9.59 Å². The number of ketones is 1. The lowest BCUT2D eigenvalue weighted by Crippen LogP contribution is -2.64. The van der Waals surface area contributed by atoms with E-state index in [-0.39, 0.29) is 19.3 Å². The first-order valence-electron chi connectivity index (χ1n) is 22.0. The number of nitrogens with zero attached hydrogens (tertiary/aromatic N) is 1. The van der Waals surface area contributed by atoms with Crippen LogP contribution in [-0.4, -0.2) is 200 Å². The minimum atomic E-state index is -2.06. The number of carbonyl (C=O) groups is 2. The SMILES string of the molecule is CC[C@H]1OC(=O)[C@H](C)[C@@H](O[C@H]2C[C@@](C)(OC)[C@@H](O)[C@H](C)O2)[C@H](C)[C@@H](O[C@@H]2O[C@H](C)C[C@H](N(C)C)[C@H]2O[C@@H]2O[C@H](CO)[C@@H](O)[C@H](O)[C@H]2O)[C@](C)(O)C[C@@H](C)C(=O)[C@H](C)[C@@H](O)[C@]1(C)O. The number of hydrogen-bond donors (Lipinski definition) is 8. The van der Waals surface area contributed by atoms with Crippen molar-refractivity contribution in [1.82, 2.24) is 4.90 Å². The summed E-state index contributed by atoms with van der Waals surface area (Å²) in [7, 11) is 5.04. The molecule has 19 heteroatoms. The molecule has 4 aliphatic heterocycles. The summed E-state index contributed by atoms with van der Waals surface area (Å²) in [6, 6.07) is -0.507. The van der Waals surface area contributed by atoms with Gasteiger partial charge in [-0.2, -0.15) is 0 Å². The molecule has 0 aliphatic carbocycles. The van der Waals surface area contributed by atoms with Gasteiger partial charge >= 0.3 is 5.97 Å². The summed E-state index contributed by atoms with van der Waals surface area (Å²) in [6.07, 6.45) is -19.2. The lowest BCUT2D eigenvalue weighted by molar-refractivity contribution is -0.362. The van der Waals surface area contributed by atoms with Crippen LogP contribution >= 0.6 is 0 Å². The highest BCUT2D eigenvalue weighted by atomic mass is 16.8. The highest BCUT2D eigenvalue weighted by Crippen LogP contribution is 2.41. The summed E-state index contributed by atoms with van der Waals surface area (Å²) in [5.74, 6) is -5.57. The first-order chi connectivity index (χ1) is 28.7. The zero-order valence-electron chi connectivity index (χ0n) is 38.7. The van der Waals surface area contributed by atoms with Gasteiger partial charge in [-0.05, 0) is 74.9 Å². The van der Waals surface area contributed by atoms with Crippen LogP contribution in [0.4, 0.5) is 0 Å². The van der Waals surface area contributed by atoms with Gasteiger partial charge in [-0.25, -0.2) is 0 Å². The number of likely N-dealkylation sites (N-methyl/N-ethyl adjacent to an activating group) is 1. The number of cyclic esters (lactones) is 1. The number of rotatable bonds is 10. The van der Waals surface area contributed by atoms with Crippen LogP contribution in [0.5, 0.6) is 0 Å². The molecule has 19 nitrogen and oxygen atoms in total. The van der Waals surface area contributed by atoms with Crippen molar-refractivity contribution in [1.29, 1.82) is 0 Å². The molecule has 0 radical (unpaired) electrons. The van der Waals surface area contributed by atoms with Crippen LogP contribution in [0.3, 0.4) is 0 Å². The number of ether oxygens (including phenoxy) is 8. The standard InChI is InChI=1S/C43H77NO18/c1-14-27-43(10,54)35(50)21(4)29(46)19(2)16-41(8,53)37(22(5)33(23(6)38(52)59-27)60-28-17-42(9,55-13)36(51)24(7)57-28)62-40-34(25(44(11)12)15-20(3)56-40)61-39-32(49)31(48)30(47)26(18-45)58-39/h19-28,30-37,39-40,45,47-51,53-54H,14-18H2,1-13H3/t19-,20-,21+,22+,23-,24+,25+,26-,27-,28+,30-,31+,32-,33+,34-,35-,36+,37-,39+,40+,41-,42-,43-/m1/s1. The highest BCUT2D eigenvalue weighted by Gasteiger charge is 2.55. The van der Waals surface area contributed by atoms with Gasteiger partial charge < -0.3 is 83.6 Å². The second-order valence-electron chi connectivity index (χ2n) is 19.3. The normalized spacial score (nSPS) is 50.5. The van der Waals surface area contributed by atoms with E-state index >= 15 is 0 Å². The number of aliphatic hydroxyl groups excluding tert-OH is 6. The first-order valence-corrected chi connectivity index (χ1v) is 22.0. The minimum absolute atomic E-state index is 0.0204. The van der Waals surface area contributed by atoms with Gasteiger partial charge in [0.1, 0.15) is 54.1 Å². The molecule has 0 saturated carbocycles. The third-order valence-electron chi connectivity index (χ3n) is 13.9. The molecule has 8 N–H and O–H groups in total. The van der Waals surface area contributed by atoms with Gasteiger partial charge in [0.25, 0.3) is 0 Å². The molecule has 4 rings (SSSR count). The maximum atomic E-state index is 14.4. The molecule has 0 bridgehead atoms. The molecule has 4 fully saturated rings. The molecular formula is C43H77NO18. The Bertz CT molecular complexity index is 1470. The van der Waals surface area contributed by atoms with Gasteiger partial charge in [0, 0.05) is 37.3 Å². The fraction of sp³-hybridized carbons (Fsp3) is 0.953. The molecule has 4 heterocycles. The van der Waals surface area contributed by atoms with E-state index in [2.05, 4.69) is 0 Å². The Kier molecular flexibility index (Phi) is 18.0. The summed E-state index contributed by atoms with van der Waals surface area (Å²) >= 11 is 0. The van der Waals surface area contributed by atoms with Crippen molar-refractivity contribution in [3.63, 3.8) is 0 Å². The van der Waals surface area contributed by atoms with Crippen LogP contribution in [0, 0.1) is 23.7 Å². The monoisotopic (exact) mass is 896 g/mol. The van der Waals surface area contributed by atoms with Gasteiger partial charge in [0.05, 0.1) is 54.2 Å². The molecule has 4 aliphatic rings. The Morgan fingerprint density at radius 3 is 1.97 bits per heavy atom. The Morgan fingerprint density at radius 2 is 1.40 bits per heavy atom. The molecule has 0 spiro atoms. The van der Waals surface area contributed by atoms with E-state index in [4.69, 9.17) is 37.9 Å². The Labute approximate surface area is 365 Å². The summed E-state index contributed by atoms with van der Waals surface area (Å²) in [4.78, 5) is 30.3. The largest absolute Gasteiger partial charge is 0.459 e. The van der Waals surface area contributed by atoms with E-state index in [1.54, 1.807) is 55.6 Å². The fourth-order valence-corrected chi connectivity index (χ4v) is 9.88. The van der Waals surface area contributed by atoms with Crippen LogP contribution in [-0.2, 0) is 47.5 Å². The third-order valence-corrected chi connectivity index (χ3v) is 13.9. The van der Waals surface area contributed by atoms with Gasteiger partial charge in [0.2, 0.25) is 0 Å². The van der Waals surface area contributed by atoms with Crippen molar-refractivity contribution >= 4 is 11.8 Å². The Balaban J connectivity index is 1.88. The molecular weight excluding hydrogens is 818 g/mol. The molecule has 62 heavy (non-hydrogen) atoms. The van der Waals surface area contributed by atoms with Crippen molar-refractivity contribution in [3.8, 4) is 0 Å². The van der Waals surface area contributed by atoms with Crippen molar-refractivity contribution in [2.24, 2.45) is 23.7 Å². The first kappa shape index (κ1) is 53.1. The number of hydrogen-bond acceptors (Lipinski definition) is 19. The van der Waals surface area contributed by atoms with Crippen molar-refractivity contribution in [2.75, 3.05) is 27.8 Å². The van der Waals surface area contributed by atoms with E-state index in [0.717, 1.165) is 0 Å². The zero-order chi connectivity index (χ0) is 47.0. The molecule has 0 aromatic heterocycles. The van der Waals surface area contributed by atoms with Gasteiger partial charge in [0.15, 0.2) is 18.9 Å². The molecule has 0 aromatic rings. The van der Waals surface area contributed by atoms with Gasteiger partial charge in [-0.1, -0.05) is 27.7 Å². The van der Waals surface area contributed by atoms with Crippen molar-refractivity contribution in [2.45, 2.75) is 210 Å². The molecule has 4 saturated heterocycles. The second kappa shape index (κ2) is 21.0. The average molecular weight is 896 g/mol. The maximum Gasteiger partial charge on any atom is 0.311 e. The number of aliphatic hydroxyl groups is 8. The third kappa shape index (κ3) is 11.2. The lowest BCUT2D eigenvalue weighted by Gasteiger charge is -2.50.